The third-order valence-corrected chi connectivity index (χ3v) is 2.91. The van der Waals surface area contributed by atoms with Gasteiger partial charge in [-0.25, -0.2) is 4.79 Å². The number of carbonyl (C=O) groups is 1. The van der Waals surface area contributed by atoms with E-state index in [0.717, 1.165) is 11.4 Å². The zero-order valence-corrected chi connectivity index (χ0v) is 11.8. The Bertz CT molecular complexity index is 407. The van der Waals surface area contributed by atoms with Crippen LogP contribution in [0.1, 0.15) is 20.3 Å². The lowest BCUT2D eigenvalue weighted by Gasteiger charge is -2.24. The topological polar surface area (TPSA) is 64.6 Å². The molecule has 3 N–H and O–H groups in total. The lowest BCUT2D eigenvalue weighted by Crippen LogP contribution is -2.30. The Kier molecular flexibility index (Phi) is 6.15. The number of amides is 2. The van der Waals surface area contributed by atoms with Crippen LogP contribution in [0.15, 0.2) is 24.3 Å². The van der Waals surface area contributed by atoms with Crippen LogP contribution in [0.4, 0.5) is 16.2 Å². The molecule has 19 heavy (non-hydrogen) atoms. The average Bonchev–Trinajstić information content (AvgIpc) is 2.38. The minimum Gasteiger partial charge on any atom is -0.396 e. The molecule has 2 amide bonds. The van der Waals surface area contributed by atoms with E-state index in [-0.39, 0.29) is 12.6 Å². The summed E-state index contributed by atoms with van der Waals surface area (Å²) in [4.78, 5) is 13.7. The van der Waals surface area contributed by atoms with Crippen molar-refractivity contribution in [2.75, 3.05) is 30.4 Å². The maximum Gasteiger partial charge on any atom is 0.319 e. The Labute approximate surface area is 114 Å². The molecule has 0 unspecified atom stereocenters. The summed E-state index contributed by atoms with van der Waals surface area (Å²) < 4.78 is 0. The molecule has 0 aromatic heterocycles. The fourth-order valence-corrected chi connectivity index (χ4v) is 1.56. The van der Waals surface area contributed by atoms with Gasteiger partial charge in [0.15, 0.2) is 0 Å². The van der Waals surface area contributed by atoms with Crippen LogP contribution in [-0.4, -0.2) is 37.4 Å². The van der Waals surface area contributed by atoms with Crippen LogP contribution in [0.25, 0.3) is 0 Å². The molecule has 0 aliphatic heterocycles. The van der Waals surface area contributed by atoms with Gasteiger partial charge in [-0.3, -0.25) is 0 Å². The smallest absolute Gasteiger partial charge is 0.319 e. The lowest BCUT2D eigenvalue weighted by molar-refractivity contribution is 0.249. The van der Waals surface area contributed by atoms with Crippen molar-refractivity contribution in [3.63, 3.8) is 0 Å². The monoisotopic (exact) mass is 265 g/mol. The van der Waals surface area contributed by atoms with E-state index in [9.17, 15) is 4.79 Å². The van der Waals surface area contributed by atoms with E-state index in [0.29, 0.717) is 19.0 Å². The van der Waals surface area contributed by atoms with Gasteiger partial charge in [0.1, 0.15) is 0 Å². The van der Waals surface area contributed by atoms with Gasteiger partial charge >= 0.3 is 6.03 Å². The molecule has 5 heteroatoms. The van der Waals surface area contributed by atoms with Crippen molar-refractivity contribution >= 4 is 17.4 Å². The summed E-state index contributed by atoms with van der Waals surface area (Å²) in [5.41, 5.74) is 1.81. The van der Waals surface area contributed by atoms with Crippen LogP contribution >= 0.6 is 0 Å². The molecule has 106 valence electrons. The van der Waals surface area contributed by atoms with Crippen LogP contribution < -0.4 is 15.5 Å². The first-order valence-electron chi connectivity index (χ1n) is 6.53. The molecule has 0 aliphatic carbocycles. The summed E-state index contributed by atoms with van der Waals surface area (Å²) in [5, 5.41) is 14.1. The van der Waals surface area contributed by atoms with Crippen molar-refractivity contribution in [2.45, 2.75) is 26.3 Å². The van der Waals surface area contributed by atoms with Gasteiger partial charge in [-0.1, -0.05) is 6.07 Å². The van der Waals surface area contributed by atoms with Crippen molar-refractivity contribution in [3.05, 3.63) is 24.3 Å². The predicted octanol–water partition coefficient (Wildman–Crippen LogP) is 2.04. The number of carbonyl (C=O) groups excluding carboxylic acids is 1. The predicted molar refractivity (Wildman–Crippen MR) is 78.7 cm³/mol. The third kappa shape index (κ3) is 5.18. The molecule has 1 aromatic carbocycles. The molecule has 0 fully saturated rings. The summed E-state index contributed by atoms with van der Waals surface area (Å²) in [6.45, 7) is 4.77. The van der Waals surface area contributed by atoms with Crippen molar-refractivity contribution in [1.82, 2.24) is 5.32 Å². The SMILES string of the molecule is CC(C)N(C)c1cccc(NC(=O)NCCCO)c1. The van der Waals surface area contributed by atoms with Crippen LogP contribution in [0, 0.1) is 0 Å². The molecule has 0 heterocycles. The van der Waals surface area contributed by atoms with E-state index in [2.05, 4.69) is 29.4 Å². The van der Waals surface area contributed by atoms with Crippen molar-refractivity contribution in [3.8, 4) is 0 Å². The molecule has 1 rings (SSSR count). The number of hydrogen-bond donors (Lipinski definition) is 3. The van der Waals surface area contributed by atoms with Gasteiger partial charge in [0, 0.05) is 37.6 Å². The number of hydrogen-bond acceptors (Lipinski definition) is 3. The minimum absolute atomic E-state index is 0.0783. The highest BCUT2D eigenvalue weighted by Gasteiger charge is 2.06. The van der Waals surface area contributed by atoms with Gasteiger partial charge in [-0.05, 0) is 38.5 Å². The van der Waals surface area contributed by atoms with Gasteiger partial charge in [0.2, 0.25) is 0 Å². The van der Waals surface area contributed by atoms with E-state index in [1.54, 1.807) is 0 Å². The molecule has 0 radical (unpaired) electrons. The number of nitrogens with one attached hydrogen (secondary N) is 2. The van der Waals surface area contributed by atoms with Crippen molar-refractivity contribution < 1.29 is 9.90 Å². The molecule has 0 spiro atoms. The maximum atomic E-state index is 11.6. The van der Waals surface area contributed by atoms with E-state index >= 15 is 0 Å². The number of rotatable bonds is 6. The first-order chi connectivity index (χ1) is 9.04. The molecular weight excluding hydrogens is 242 g/mol. The zero-order valence-electron chi connectivity index (χ0n) is 11.8. The molecule has 0 aliphatic rings. The second-order valence-corrected chi connectivity index (χ2v) is 4.71. The van der Waals surface area contributed by atoms with Crippen molar-refractivity contribution in [2.24, 2.45) is 0 Å². The standard InChI is InChI=1S/C14H23N3O2/c1-11(2)17(3)13-7-4-6-12(10-13)16-14(19)15-8-5-9-18/h4,6-7,10-11,18H,5,8-9H2,1-3H3,(H2,15,16,19). The van der Waals surface area contributed by atoms with Crippen LogP contribution in [-0.2, 0) is 0 Å². The van der Waals surface area contributed by atoms with Crippen molar-refractivity contribution in [1.29, 1.82) is 0 Å². The lowest BCUT2D eigenvalue weighted by atomic mass is 10.2. The van der Waals surface area contributed by atoms with Gasteiger partial charge in [-0.2, -0.15) is 0 Å². The number of nitrogens with zero attached hydrogens (tertiary/aromatic N) is 1. The number of benzene rings is 1. The van der Waals surface area contributed by atoms with Crippen LogP contribution in [0.5, 0.6) is 0 Å². The maximum absolute atomic E-state index is 11.6. The fourth-order valence-electron chi connectivity index (χ4n) is 1.56. The highest BCUT2D eigenvalue weighted by atomic mass is 16.3. The molecule has 0 saturated carbocycles. The summed E-state index contributed by atoms with van der Waals surface area (Å²) in [6, 6.07) is 7.85. The Morgan fingerprint density at radius 3 is 2.79 bits per heavy atom. The summed E-state index contributed by atoms with van der Waals surface area (Å²) in [5.74, 6) is 0. The van der Waals surface area contributed by atoms with E-state index in [4.69, 9.17) is 5.11 Å². The number of aliphatic hydroxyl groups excluding tert-OH is 1. The number of aliphatic hydroxyl groups is 1. The quantitative estimate of drug-likeness (QED) is 0.690. The Morgan fingerprint density at radius 2 is 2.16 bits per heavy atom. The van der Waals surface area contributed by atoms with Crippen LogP contribution in [0.3, 0.4) is 0 Å². The first-order valence-corrected chi connectivity index (χ1v) is 6.53. The Balaban J connectivity index is 2.59. The summed E-state index contributed by atoms with van der Waals surface area (Å²) >= 11 is 0. The molecule has 0 bridgehead atoms. The highest BCUT2D eigenvalue weighted by molar-refractivity contribution is 5.89. The van der Waals surface area contributed by atoms with Gasteiger partial charge in [0.25, 0.3) is 0 Å². The molecular formula is C14H23N3O2. The Hall–Kier alpha value is -1.75. The third-order valence-electron chi connectivity index (χ3n) is 2.91. The average molecular weight is 265 g/mol. The van der Waals surface area contributed by atoms with Gasteiger partial charge in [0.05, 0.1) is 0 Å². The van der Waals surface area contributed by atoms with Gasteiger partial charge in [-0.15, -0.1) is 0 Å². The van der Waals surface area contributed by atoms with E-state index in [1.165, 1.54) is 0 Å². The molecule has 1 aromatic rings. The minimum atomic E-state index is -0.252. The summed E-state index contributed by atoms with van der Waals surface area (Å²) in [7, 11) is 2.02. The normalized spacial score (nSPS) is 10.4. The number of urea groups is 1. The zero-order chi connectivity index (χ0) is 14.3. The van der Waals surface area contributed by atoms with E-state index < -0.39 is 0 Å². The molecule has 0 saturated heterocycles. The molecule has 5 nitrogen and oxygen atoms in total. The van der Waals surface area contributed by atoms with Gasteiger partial charge < -0.3 is 20.6 Å². The second kappa shape index (κ2) is 7.63. The second-order valence-electron chi connectivity index (χ2n) is 4.71. The molecule has 0 atom stereocenters. The summed E-state index contributed by atoms with van der Waals surface area (Å²) in [6.07, 6.45) is 0.559. The van der Waals surface area contributed by atoms with E-state index in [1.807, 2.05) is 31.3 Å². The fraction of sp³-hybridized carbons (Fsp3) is 0.500. The Morgan fingerprint density at radius 1 is 1.42 bits per heavy atom. The van der Waals surface area contributed by atoms with Crippen LogP contribution in [0.2, 0.25) is 0 Å². The largest absolute Gasteiger partial charge is 0.396 e. The number of anilines is 2. The first kappa shape index (κ1) is 15.3. The highest BCUT2D eigenvalue weighted by Crippen LogP contribution is 2.19.